The van der Waals surface area contributed by atoms with Gasteiger partial charge in [-0.25, -0.2) is 0 Å². The van der Waals surface area contributed by atoms with Crippen LogP contribution in [0.25, 0.3) is 0 Å². The summed E-state index contributed by atoms with van der Waals surface area (Å²) in [4.78, 5) is 4.80. The lowest BCUT2D eigenvalue weighted by Gasteiger charge is -2.38. The number of benzene rings is 1. The van der Waals surface area contributed by atoms with Crippen LogP contribution in [0.3, 0.4) is 0 Å². The van der Waals surface area contributed by atoms with Crippen LogP contribution >= 0.6 is 0 Å². The SMILES string of the molecule is COc1ccc(CN2CCN(C)CC2C)cc1O. The molecule has 0 saturated carbocycles. The largest absolute Gasteiger partial charge is 0.504 e. The zero-order valence-electron chi connectivity index (χ0n) is 11.4. The molecule has 0 aromatic heterocycles. The molecule has 100 valence electrons. The van der Waals surface area contributed by atoms with E-state index >= 15 is 0 Å². The van der Waals surface area contributed by atoms with E-state index in [0.717, 1.165) is 31.7 Å². The lowest BCUT2D eigenvalue weighted by Crippen LogP contribution is -2.49. The van der Waals surface area contributed by atoms with Gasteiger partial charge in [-0.1, -0.05) is 6.07 Å². The highest BCUT2D eigenvalue weighted by Crippen LogP contribution is 2.27. The Morgan fingerprint density at radius 3 is 2.78 bits per heavy atom. The van der Waals surface area contributed by atoms with E-state index in [1.807, 2.05) is 12.1 Å². The summed E-state index contributed by atoms with van der Waals surface area (Å²) in [5, 5.41) is 9.78. The van der Waals surface area contributed by atoms with E-state index in [1.54, 1.807) is 13.2 Å². The van der Waals surface area contributed by atoms with E-state index < -0.39 is 0 Å². The van der Waals surface area contributed by atoms with Gasteiger partial charge in [0.1, 0.15) is 0 Å². The van der Waals surface area contributed by atoms with Gasteiger partial charge in [-0.2, -0.15) is 0 Å². The summed E-state index contributed by atoms with van der Waals surface area (Å²) < 4.78 is 5.05. The van der Waals surface area contributed by atoms with Crippen molar-refractivity contribution in [1.29, 1.82) is 0 Å². The first kappa shape index (κ1) is 13.2. The van der Waals surface area contributed by atoms with Crippen molar-refractivity contribution < 1.29 is 9.84 Å². The van der Waals surface area contributed by atoms with E-state index in [2.05, 4.69) is 23.8 Å². The minimum atomic E-state index is 0.219. The number of phenolic OH excluding ortho intramolecular Hbond substituents is 1. The highest BCUT2D eigenvalue weighted by Gasteiger charge is 2.21. The number of likely N-dealkylation sites (N-methyl/N-ethyl adjacent to an activating group) is 1. The van der Waals surface area contributed by atoms with Crippen molar-refractivity contribution in [2.24, 2.45) is 0 Å². The van der Waals surface area contributed by atoms with Crippen LogP contribution < -0.4 is 4.74 Å². The van der Waals surface area contributed by atoms with E-state index in [9.17, 15) is 5.11 Å². The molecule has 0 radical (unpaired) electrons. The first-order valence-corrected chi connectivity index (χ1v) is 6.38. The van der Waals surface area contributed by atoms with Crippen LogP contribution in [0.1, 0.15) is 12.5 Å². The summed E-state index contributed by atoms with van der Waals surface area (Å²) in [5.41, 5.74) is 1.13. The normalized spacial score (nSPS) is 22.1. The third kappa shape index (κ3) is 2.94. The topological polar surface area (TPSA) is 35.9 Å². The Labute approximate surface area is 109 Å². The Balaban J connectivity index is 2.03. The fraction of sp³-hybridized carbons (Fsp3) is 0.571. The highest BCUT2D eigenvalue weighted by atomic mass is 16.5. The Morgan fingerprint density at radius 2 is 2.17 bits per heavy atom. The van der Waals surface area contributed by atoms with Crippen LogP contribution in [-0.4, -0.2) is 54.7 Å². The number of rotatable bonds is 3. The molecule has 1 N–H and O–H groups in total. The lowest BCUT2D eigenvalue weighted by molar-refractivity contribution is 0.0937. The first-order valence-electron chi connectivity index (χ1n) is 6.38. The fourth-order valence-corrected chi connectivity index (χ4v) is 2.48. The van der Waals surface area contributed by atoms with Gasteiger partial charge < -0.3 is 14.7 Å². The van der Waals surface area contributed by atoms with E-state index in [-0.39, 0.29) is 5.75 Å². The van der Waals surface area contributed by atoms with Gasteiger partial charge in [-0.05, 0) is 31.7 Å². The molecule has 1 aromatic carbocycles. The standard InChI is InChI=1S/C14H22N2O2/c1-11-9-15(2)6-7-16(11)10-12-4-5-14(18-3)13(17)8-12/h4-5,8,11,17H,6-7,9-10H2,1-3H3. The highest BCUT2D eigenvalue weighted by molar-refractivity contribution is 5.41. The second kappa shape index (κ2) is 5.59. The third-order valence-electron chi connectivity index (χ3n) is 3.60. The molecule has 2 rings (SSSR count). The Morgan fingerprint density at radius 1 is 1.39 bits per heavy atom. The molecule has 0 bridgehead atoms. The van der Waals surface area contributed by atoms with Gasteiger partial charge in [0, 0.05) is 32.2 Å². The van der Waals surface area contributed by atoms with Crippen molar-refractivity contribution in [3.63, 3.8) is 0 Å². The molecule has 1 atom stereocenters. The predicted octanol–water partition coefficient (Wildman–Crippen LogP) is 1.54. The molecule has 0 spiro atoms. The van der Waals surface area contributed by atoms with E-state index in [1.165, 1.54) is 0 Å². The van der Waals surface area contributed by atoms with Crippen molar-refractivity contribution in [1.82, 2.24) is 9.80 Å². The maximum absolute atomic E-state index is 9.78. The number of hydrogen-bond acceptors (Lipinski definition) is 4. The van der Waals surface area contributed by atoms with Crippen LogP contribution in [-0.2, 0) is 6.54 Å². The molecule has 0 aliphatic carbocycles. The third-order valence-corrected chi connectivity index (χ3v) is 3.60. The summed E-state index contributed by atoms with van der Waals surface area (Å²) in [6.07, 6.45) is 0. The monoisotopic (exact) mass is 250 g/mol. The Kier molecular flexibility index (Phi) is 4.09. The van der Waals surface area contributed by atoms with Crippen LogP contribution in [0.4, 0.5) is 0 Å². The van der Waals surface area contributed by atoms with Gasteiger partial charge in [0.15, 0.2) is 11.5 Å². The number of methoxy groups -OCH3 is 1. The molecule has 1 heterocycles. The number of hydrogen-bond donors (Lipinski definition) is 1. The quantitative estimate of drug-likeness (QED) is 0.882. The lowest BCUT2D eigenvalue weighted by atomic mass is 10.1. The maximum Gasteiger partial charge on any atom is 0.160 e. The predicted molar refractivity (Wildman–Crippen MR) is 72.0 cm³/mol. The van der Waals surface area contributed by atoms with Crippen LogP contribution in [0.5, 0.6) is 11.5 Å². The Hall–Kier alpha value is -1.26. The molecule has 1 saturated heterocycles. The summed E-state index contributed by atoms with van der Waals surface area (Å²) in [6.45, 7) is 6.41. The maximum atomic E-state index is 9.78. The molecule has 1 aromatic rings. The van der Waals surface area contributed by atoms with Gasteiger partial charge in [-0.15, -0.1) is 0 Å². The molecule has 1 aliphatic heterocycles. The van der Waals surface area contributed by atoms with Crippen molar-refractivity contribution in [2.75, 3.05) is 33.8 Å². The van der Waals surface area contributed by atoms with E-state index in [0.29, 0.717) is 11.8 Å². The van der Waals surface area contributed by atoms with Crippen LogP contribution in [0.15, 0.2) is 18.2 Å². The second-order valence-electron chi connectivity index (χ2n) is 5.09. The number of aromatic hydroxyl groups is 1. The molecule has 4 heteroatoms. The van der Waals surface area contributed by atoms with Gasteiger partial charge in [0.2, 0.25) is 0 Å². The molecule has 18 heavy (non-hydrogen) atoms. The van der Waals surface area contributed by atoms with Crippen molar-refractivity contribution >= 4 is 0 Å². The van der Waals surface area contributed by atoms with Crippen LogP contribution in [0.2, 0.25) is 0 Å². The van der Waals surface area contributed by atoms with Crippen molar-refractivity contribution in [2.45, 2.75) is 19.5 Å². The van der Waals surface area contributed by atoms with Gasteiger partial charge in [0.25, 0.3) is 0 Å². The van der Waals surface area contributed by atoms with Gasteiger partial charge >= 0.3 is 0 Å². The minimum absolute atomic E-state index is 0.219. The van der Waals surface area contributed by atoms with Gasteiger partial charge in [0.05, 0.1) is 7.11 Å². The average molecular weight is 250 g/mol. The summed E-state index contributed by atoms with van der Waals surface area (Å²) in [6, 6.07) is 6.19. The number of ether oxygens (including phenoxy) is 1. The molecule has 4 nitrogen and oxygen atoms in total. The smallest absolute Gasteiger partial charge is 0.160 e. The van der Waals surface area contributed by atoms with Gasteiger partial charge in [-0.3, -0.25) is 4.90 Å². The molecule has 1 aliphatic rings. The molecular formula is C14H22N2O2. The molecule has 1 unspecified atom stereocenters. The fourth-order valence-electron chi connectivity index (χ4n) is 2.48. The zero-order chi connectivity index (χ0) is 13.1. The minimum Gasteiger partial charge on any atom is -0.504 e. The first-order chi connectivity index (χ1) is 8.60. The second-order valence-corrected chi connectivity index (χ2v) is 5.09. The molecule has 0 amide bonds. The van der Waals surface area contributed by atoms with Crippen LogP contribution in [0, 0.1) is 0 Å². The van der Waals surface area contributed by atoms with Crippen molar-refractivity contribution in [3.05, 3.63) is 23.8 Å². The number of phenols is 1. The molecular weight excluding hydrogens is 228 g/mol. The zero-order valence-corrected chi connectivity index (χ0v) is 11.4. The summed E-state index contributed by atoms with van der Waals surface area (Å²) >= 11 is 0. The van der Waals surface area contributed by atoms with E-state index in [4.69, 9.17) is 4.74 Å². The average Bonchev–Trinajstić information content (AvgIpc) is 2.33. The number of piperazine rings is 1. The number of nitrogens with zero attached hydrogens (tertiary/aromatic N) is 2. The summed E-state index contributed by atoms with van der Waals surface area (Å²) in [7, 11) is 3.73. The Bertz CT molecular complexity index is 409. The molecule has 1 fully saturated rings. The summed E-state index contributed by atoms with van der Waals surface area (Å²) in [5.74, 6) is 0.752. The van der Waals surface area contributed by atoms with Crippen molar-refractivity contribution in [3.8, 4) is 11.5 Å².